The van der Waals surface area contributed by atoms with Crippen molar-refractivity contribution in [2.75, 3.05) is 31.6 Å². The molecule has 0 unspecified atom stereocenters. The van der Waals surface area contributed by atoms with Crippen LogP contribution in [0.2, 0.25) is 0 Å². The third kappa shape index (κ3) is 4.96. The van der Waals surface area contributed by atoms with Crippen LogP contribution < -0.4 is 5.32 Å². The van der Waals surface area contributed by atoms with E-state index in [1.165, 1.54) is 17.0 Å². The summed E-state index contributed by atoms with van der Waals surface area (Å²) in [6.07, 6.45) is 0. The summed E-state index contributed by atoms with van der Waals surface area (Å²) in [7, 11) is 0. The summed E-state index contributed by atoms with van der Waals surface area (Å²) in [5, 5.41) is 21.1. The van der Waals surface area contributed by atoms with Crippen LogP contribution in [0.5, 0.6) is 5.75 Å². The number of phenols is 1. The minimum atomic E-state index is -1.14. The molecule has 21 heavy (non-hydrogen) atoms. The number of carboxylic acids is 1. The van der Waals surface area contributed by atoms with E-state index in [2.05, 4.69) is 5.32 Å². The van der Waals surface area contributed by atoms with E-state index in [9.17, 15) is 14.7 Å². The Bertz CT molecular complexity index is 504. The minimum absolute atomic E-state index is 0.0470. The molecule has 1 aromatic rings. The number of rotatable bonds is 7. The number of nitrogens with zero attached hydrogens (tertiary/aromatic N) is 1. The van der Waals surface area contributed by atoms with Gasteiger partial charge in [0.25, 0.3) is 0 Å². The highest BCUT2D eigenvalue weighted by atomic mass is 16.5. The molecule has 0 atom stereocenters. The lowest BCUT2D eigenvalue weighted by atomic mass is 10.2. The number of hydrogen-bond donors (Lipinski definition) is 3. The van der Waals surface area contributed by atoms with Crippen molar-refractivity contribution in [2.45, 2.75) is 13.8 Å². The Morgan fingerprint density at radius 1 is 1.33 bits per heavy atom. The predicted octanol–water partition coefficient (Wildman–Crippen LogP) is 1.98. The zero-order valence-electron chi connectivity index (χ0n) is 12.1. The highest BCUT2D eigenvalue weighted by Gasteiger charge is 2.14. The van der Waals surface area contributed by atoms with Crippen LogP contribution in [0.25, 0.3) is 0 Å². The van der Waals surface area contributed by atoms with Crippen molar-refractivity contribution < 1.29 is 24.5 Å². The van der Waals surface area contributed by atoms with Gasteiger partial charge in [-0.25, -0.2) is 9.59 Å². The number of carboxylic acid groups (broad SMARTS) is 1. The molecular formula is C14H20N2O5. The van der Waals surface area contributed by atoms with Crippen molar-refractivity contribution in [3.05, 3.63) is 23.8 Å². The van der Waals surface area contributed by atoms with Gasteiger partial charge >= 0.3 is 12.0 Å². The molecule has 0 saturated carbocycles. The number of urea groups is 1. The Kier molecular flexibility index (Phi) is 6.48. The van der Waals surface area contributed by atoms with E-state index in [4.69, 9.17) is 9.84 Å². The minimum Gasteiger partial charge on any atom is -0.506 e. The highest BCUT2D eigenvalue weighted by Crippen LogP contribution is 2.24. The number of anilines is 1. The van der Waals surface area contributed by atoms with E-state index in [0.717, 1.165) is 6.07 Å². The van der Waals surface area contributed by atoms with Crippen LogP contribution >= 0.6 is 0 Å². The molecule has 7 nitrogen and oxygen atoms in total. The van der Waals surface area contributed by atoms with Gasteiger partial charge in [0.2, 0.25) is 0 Å². The molecule has 0 fully saturated rings. The first-order chi connectivity index (χ1) is 9.99. The number of aromatic hydroxyl groups is 1. The van der Waals surface area contributed by atoms with Gasteiger partial charge in [-0.3, -0.25) is 0 Å². The molecule has 0 aliphatic rings. The summed E-state index contributed by atoms with van der Waals surface area (Å²) in [4.78, 5) is 24.3. The summed E-state index contributed by atoms with van der Waals surface area (Å²) in [6.45, 7) is 5.65. The van der Waals surface area contributed by atoms with E-state index >= 15 is 0 Å². The molecule has 0 saturated heterocycles. The van der Waals surface area contributed by atoms with Crippen molar-refractivity contribution in [1.29, 1.82) is 0 Å². The van der Waals surface area contributed by atoms with Gasteiger partial charge in [0, 0.05) is 19.7 Å². The quantitative estimate of drug-likeness (QED) is 0.528. The second-order valence-electron chi connectivity index (χ2n) is 4.24. The smallest absolute Gasteiger partial charge is 0.335 e. The van der Waals surface area contributed by atoms with Crippen molar-refractivity contribution in [1.82, 2.24) is 4.90 Å². The fourth-order valence-electron chi connectivity index (χ4n) is 1.69. The van der Waals surface area contributed by atoms with Gasteiger partial charge in [-0.15, -0.1) is 0 Å². The van der Waals surface area contributed by atoms with Crippen LogP contribution in [0.1, 0.15) is 24.2 Å². The predicted molar refractivity (Wildman–Crippen MR) is 77.8 cm³/mol. The molecule has 0 bridgehead atoms. The van der Waals surface area contributed by atoms with Gasteiger partial charge in [-0.05, 0) is 32.0 Å². The number of benzene rings is 1. The fourth-order valence-corrected chi connectivity index (χ4v) is 1.69. The zero-order valence-corrected chi connectivity index (χ0v) is 12.1. The SMILES string of the molecule is CCOCCN(CC)C(=O)Nc1ccc(C(=O)O)cc1O. The lowest BCUT2D eigenvalue weighted by Gasteiger charge is -2.21. The molecule has 0 aromatic heterocycles. The van der Waals surface area contributed by atoms with Gasteiger partial charge in [-0.2, -0.15) is 0 Å². The fraction of sp³-hybridized carbons (Fsp3) is 0.429. The molecule has 0 aliphatic heterocycles. The maximum atomic E-state index is 12.0. The van der Waals surface area contributed by atoms with Gasteiger partial charge in [0.05, 0.1) is 17.9 Å². The summed E-state index contributed by atoms with van der Waals surface area (Å²) in [5.74, 6) is -1.43. The molecule has 7 heteroatoms. The van der Waals surface area contributed by atoms with Crippen molar-refractivity contribution in [3.63, 3.8) is 0 Å². The van der Waals surface area contributed by atoms with Crippen LogP contribution in [0.3, 0.4) is 0 Å². The number of carbonyl (C=O) groups excluding carboxylic acids is 1. The molecule has 0 aliphatic carbocycles. The highest BCUT2D eigenvalue weighted by molar-refractivity contribution is 5.93. The maximum absolute atomic E-state index is 12.0. The van der Waals surface area contributed by atoms with E-state index in [1.54, 1.807) is 0 Å². The number of amides is 2. The molecule has 1 rings (SSSR count). The second kappa shape index (κ2) is 8.11. The Morgan fingerprint density at radius 2 is 2.05 bits per heavy atom. The van der Waals surface area contributed by atoms with Crippen LogP contribution in [-0.2, 0) is 4.74 Å². The van der Waals surface area contributed by atoms with E-state index in [0.29, 0.717) is 26.3 Å². The van der Waals surface area contributed by atoms with Crippen molar-refractivity contribution in [3.8, 4) is 5.75 Å². The molecule has 1 aromatic carbocycles. The number of hydrogen-bond acceptors (Lipinski definition) is 4. The van der Waals surface area contributed by atoms with Crippen LogP contribution in [0.4, 0.5) is 10.5 Å². The molecule has 3 N–H and O–H groups in total. The molecule has 116 valence electrons. The number of aromatic carboxylic acids is 1. The first-order valence-electron chi connectivity index (χ1n) is 6.69. The lowest BCUT2D eigenvalue weighted by Crippen LogP contribution is -2.37. The number of carbonyl (C=O) groups is 2. The Balaban J connectivity index is 2.70. The van der Waals surface area contributed by atoms with Crippen LogP contribution in [0, 0.1) is 0 Å². The normalized spacial score (nSPS) is 10.2. The number of ether oxygens (including phenoxy) is 1. The van der Waals surface area contributed by atoms with E-state index in [-0.39, 0.29) is 23.0 Å². The summed E-state index contributed by atoms with van der Waals surface area (Å²) < 4.78 is 5.20. The monoisotopic (exact) mass is 296 g/mol. The maximum Gasteiger partial charge on any atom is 0.335 e. The summed E-state index contributed by atoms with van der Waals surface area (Å²) >= 11 is 0. The summed E-state index contributed by atoms with van der Waals surface area (Å²) in [5.41, 5.74) is 0.119. The van der Waals surface area contributed by atoms with Gasteiger partial charge in [0.15, 0.2) is 0 Å². The topological polar surface area (TPSA) is 99.1 Å². The van der Waals surface area contributed by atoms with Gasteiger partial charge in [0.1, 0.15) is 5.75 Å². The Morgan fingerprint density at radius 3 is 2.57 bits per heavy atom. The largest absolute Gasteiger partial charge is 0.506 e. The number of likely N-dealkylation sites (N-methyl/N-ethyl adjacent to an activating group) is 1. The Hall–Kier alpha value is -2.28. The van der Waals surface area contributed by atoms with Crippen molar-refractivity contribution >= 4 is 17.7 Å². The van der Waals surface area contributed by atoms with Crippen LogP contribution in [-0.4, -0.2) is 53.4 Å². The standard InChI is InChI=1S/C14H20N2O5/c1-3-16(7-8-21-4-2)14(20)15-11-6-5-10(13(18)19)9-12(11)17/h5-6,9,17H,3-4,7-8H2,1-2H3,(H,15,20)(H,18,19). The molecule has 0 spiro atoms. The number of nitrogens with one attached hydrogen (secondary N) is 1. The summed E-state index contributed by atoms with van der Waals surface area (Å²) in [6, 6.07) is 3.38. The zero-order chi connectivity index (χ0) is 15.8. The number of phenolic OH excluding ortho intramolecular Hbond substituents is 1. The molecule has 0 heterocycles. The van der Waals surface area contributed by atoms with E-state index < -0.39 is 5.97 Å². The molecule has 0 radical (unpaired) electrons. The van der Waals surface area contributed by atoms with Crippen LogP contribution in [0.15, 0.2) is 18.2 Å². The molecular weight excluding hydrogens is 276 g/mol. The van der Waals surface area contributed by atoms with Crippen molar-refractivity contribution in [2.24, 2.45) is 0 Å². The van der Waals surface area contributed by atoms with Gasteiger partial charge < -0.3 is 25.2 Å². The van der Waals surface area contributed by atoms with Gasteiger partial charge in [-0.1, -0.05) is 0 Å². The average molecular weight is 296 g/mol. The Labute approximate surface area is 123 Å². The second-order valence-corrected chi connectivity index (χ2v) is 4.24. The lowest BCUT2D eigenvalue weighted by molar-refractivity contribution is 0.0696. The third-order valence-corrected chi connectivity index (χ3v) is 2.86. The average Bonchev–Trinajstić information content (AvgIpc) is 2.45. The van der Waals surface area contributed by atoms with E-state index in [1.807, 2.05) is 13.8 Å². The first kappa shape index (κ1) is 16.8. The first-order valence-corrected chi connectivity index (χ1v) is 6.69. The molecule has 2 amide bonds. The third-order valence-electron chi connectivity index (χ3n) is 2.86.